The summed E-state index contributed by atoms with van der Waals surface area (Å²) in [5.41, 5.74) is 1.66. The predicted octanol–water partition coefficient (Wildman–Crippen LogP) is 2.64. The summed E-state index contributed by atoms with van der Waals surface area (Å²) < 4.78 is 10.5. The monoisotopic (exact) mass is 343 g/mol. The summed E-state index contributed by atoms with van der Waals surface area (Å²) in [6.07, 6.45) is 0. The number of ether oxygens (including phenoxy) is 1. The molecule has 3 rings (SSSR count). The molecule has 0 unspecified atom stereocenters. The van der Waals surface area contributed by atoms with Crippen LogP contribution < -0.4 is 15.0 Å². The molecule has 1 aromatic heterocycles. The van der Waals surface area contributed by atoms with Gasteiger partial charge in [-0.3, -0.25) is 14.5 Å². The van der Waals surface area contributed by atoms with E-state index in [1.807, 2.05) is 18.2 Å². The zero-order chi connectivity index (χ0) is 18.2. The number of amides is 2. The molecule has 2 aromatic rings. The van der Waals surface area contributed by atoms with Gasteiger partial charge in [-0.1, -0.05) is 32.0 Å². The molecule has 1 N–H and O–H groups in total. The summed E-state index contributed by atoms with van der Waals surface area (Å²) in [7, 11) is 0. The van der Waals surface area contributed by atoms with Crippen LogP contribution in [0.2, 0.25) is 0 Å². The van der Waals surface area contributed by atoms with E-state index in [1.54, 1.807) is 13.0 Å². The third kappa shape index (κ3) is 3.65. The molecule has 0 aliphatic carbocycles. The second kappa shape index (κ2) is 6.23. The highest BCUT2D eigenvalue weighted by Crippen LogP contribution is 2.36. The number of nitrogens with zero attached hydrogens (tertiary/aromatic N) is 2. The lowest BCUT2D eigenvalue weighted by molar-refractivity contribution is -0.123. The minimum Gasteiger partial charge on any atom is -0.482 e. The average Bonchev–Trinajstić information content (AvgIpc) is 2.93. The molecular formula is C18H21N3O4. The normalized spacial score (nSPS) is 14.1. The van der Waals surface area contributed by atoms with Crippen LogP contribution in [0.25, 0.3) is 0 Å². The van der Waals surface area contributed by atoms with Crippen molar-refractivity contribution in [1.29, 1.82) is 0 Å². The van der Waals surface area contributed by atoms with Gasteiger partial charge in [0.1, 0.15) is 18.1 Å². The third-order valence-corrected chi connectivity index (χ3v) is 3.97. The molecular weight excluding hydrogens is 322 g/mol. The number of carbonyl (C=O) groups is 2. The summed E-state index contributed by atoms with van der Waals surface area (Å²) in [5, 5.41) is 6.33. The molecule has 2 heterocycles. The number of carbonyl (C=O) groups excluding carboxylic acids is 2. The molecule has 132 valence electrons. The van der Waals surface area contributed by atoms with Gasteiger partial charge in [-0.05, 0) is 30.0 Å². The van der Waals surface area contributed by atoms with Gasteiger partial charge in [0.05, 0.1) is 5.69 Å². The van der Waals surface area contributed by atoms with Gasteiger partial charge in [0, 0.05) is 6.07 Å². The first-order valence-electron chi connectivity index (χ1n) is 8.05. The van der Waals surface area contributed by atoms with Crippen LogP contribution in [0.4, 0.5) is 11.5 Å². The van der Waals surface area contributed by atoms with Gasteiger partial charge >= 0.3 is 0 Å². The maximum atomic E-state index is 12.2. The Balaban J connectivity index is 1.80. The van der Waals surface area contributed by atoms with Gasteiger partial charge in [0.15, 0.2) is 12.4 Å². The van der Waals surface area contributed by atoms with Crippen LogP contribution >= 0.6 is 0 Å². The highest BCUT2D eigenvalue weighted by molar-refractivity contribution is 6.04. The summed E-state index contributed by atoms with van der Waals surface area (Å²) in [6, 6.07) is 7.31. The summed E-state index contributed by atoms with van der Waals surface area (Å²) in [4.78, 5) is 25.9. The molecule has 0 spiro atoms. The van der Waals surface area contributed by atoms with Crippen molar-refractivity contribution in [2.45, 2.75) is 33.1 Å². The van der Waals surface area contributed by atoms with E-state index in [4.69, 9.17) is 9.26 Å². The first-order chi connectivity index (χ1) is 11.7. The van der Waals surface area contributed by atoms with Crippen molar-refractivity contribution in [2.24, 2.45) is 0 Å². The van der Waals surface area contributed by atoms with E-state index in [0.717, 1.165) is 5.56 Å². The molecule has 0 saturated carbocycles. The number of rotatable bonds is 3. The largest absolute Gasteiger partial charge is 0.482 e. The standard InChI is InChI=1S/C18H21N3O4/c1-11-7-15(20-25-11)19-16(22)9-21-13-6-5-12(18(2,3)4)8-14(13)24-10-17(21)23/h5-8H,9-10H2,1-4H3,(H,19,20,22). The van der Waals surface area contributed by atoms with E-state index < -0.39 is 0 Å². The molecule has 0 radical (unpaired) electrons. The van der Waals surface area contributed by atoms with E-state index in [1.165, 1.54) is 4.90 Å². The fraction of sp³-hybridized carbons (Fsp3) is 0.389. The van der Waals surface area contributed by atoms with Gasteiger partial charge in [-0.25, -0.2) is 0 Å². The lowest BCUT2D eigenvalue weighted by Gasteiger charge is -2.30. The summed E-state index contributed by atoms with van der Waals surface area (Å²) >= 11 is 0. The highest BCUT2D eigenvalue weighted by Gasteiger charge is 2.29. The maximum absolute atomic E-state index is 12.2. The lowest BCUT2D eigenvalue weighted by Crippen LogP contribution is -2.43. The smallest absolute Gasteiger partial charge is 0.265 e. The molecule has 1 aliphatic rings. The Bertz CT molecular complexity index is 820. The van der Waals surface area contributed by atoms with Crippen molar-refractivity contribution in [3.05, 3.63) is 35.6 Å². The first-order valence-corrected chi connectivity index (χ1v) is 8.05. The zero-order valence-electron chi connectivity index (χ0n) is 14.8. The van der Waals surface area contributed by atoms with Crippen molar-refractivity contribution >= 4 is 23.3 Å². The van der Waals surface area contributed by atoms with E-state index in [2.05, 4.69) is 31.2 Å². The van der Waals surface area contributed by atoms with Crippen LogP contribution in [-0.2, 0) is 15.0 Å². The zero-order valence-corrected chi connectivity index (χ0v) is 14.8. The van der Waals surface area contributed by atoms with Crippen molar-refractivity contribution in [3.8, 4) is 5.75 Å². The Kier molecular flexibility index (Phi) is 4.24. The molecule has 0 bridgehead atoms. The van der Waals surface area contributed by atoms with Crippen molar-refractivity contribution < 1.29 is 18.8 Å². The van der Waals surface area contributed by atoms with E-state index in [0.29, 0.717) is 23.0 Å². The van der Waals surface area contributed by atoms with Gasteiger partial charge in [-0.15, -0.1) is 0 Å². The minimum atomic E-state index is -0.352. The van der Waals surface area contributed by atoms with Crippen molar-refractivity contribution in [1.82, 2.24) is 5.16 Å². The molecule has 7 nitrogen and oxygen atoms in total. The number of aromatic nitrogens is 1. The van der Waals surface area contributed by atoms with Crippen LogP contribution in [0.1, 0.15) is 32.1 Å². The second-order valence-electron chi connectivity index (χ2n) is 7.07. The van der Waals surface area contributed by atoms with Crippen molar-refractivity contribution in [2.75, 3.05) is 23.4 Å². The molecule has 1 aliphatic heterocycles. The molecule has 0 fully saturated rings. The van der Waals surface area contributed by atoms with Crippen LogP contribution in [0.15, 0.2) is 28.8 Å². The number of nitrogens with one attached hydrogen (secondary N) is 1. The predicted molar refractivity (Wildman–Crippen MR) is 92.9 cm³/mol. The van der Waals surface area contributed by atoms with Crippen LogP contribution in [0.3, 0.4) is 0 Å². The third-order valence-electron chi connectivity index (χ3n) is 3.97. The molecule has 0 saturated heterocycles. The fourth-order valence-corrected chi connectivity index (χ4v) is 2.60. The van der Waals surface area contributed by atoms with Gasteiger partial charge in [0.25, 0.3) is 5.91 Å². The summed E-state index contributed by atoms with van der Waals surface area (Å²) in [5.74, 6) is 0.915. The number of aryl methyl sites for hydroxylation is 1. The highest BCUT2D eigenvalue weighted by atomic mass is 16.5. The Morgan fingerprint density at radius 1 is 1.32 bits per heavy atom. The van der Waals surface area contributed by atoms with Crippen LogP contribution in [-0.4, -0.2) is 30.1 Å². The lowest BCUT2D eigenvalue weighted by atomic mass is 9.86. The number of fused-ring (bicyclic) bond motifs is 1. The topological polar surface area (TPSA) is 84.7 Å². The Morgan fingerprint density at radius 2 is 2.08 bits per heavy atom. The second-order valence-corrected chi connectivity index (χ2v) is 7.07. The van der Waals surface area contributed by atoms with Crippen molar-refractivity contribution in [3.63, 3.8) is 0 Å². The molecule has 1 aromatic carbocycles. The molecule has 2 amide bonds. The van der Waals surface area contributed by atoms with Gasteiger partial charge in [-0.2, -0.15) is 0 Å². The Hall–Kier alpha value is -2.83. The SMILES string of the molecule is Cc1cc(NC(=O)CN2C(=O)COc3cc(C(C)(C)C)ccc32)no1. The number of hydrogen-bond acceptors (Lipinski definition) is 5. The molecule has 25 heavy (non-hydrogen) atoms. The number of benzene rings is 1. The number of hydrogen-bond donors (Lipinski definition) is 1. The number of anilines is 2. The average molecular weight is 343 g/mol. The summed E-state index contributed by atoms with van der Waals surface area (Å²) in [6.45, 7) is 7.85. The first kappa shape index (κ1) is 17.0. The van der Waals surface area contributed by atoms with E-state index >= 15 is 0 Å². The maximum Gasteiger partial charge on any atom is 0.265 e. The molecule has 0 atom stereocenters. The molecule has 7 heteroatoms. The Labute approximate surface area is 145 Å². The van der Waals surface area contributed by atoms with E-state index in [9.17, 15) is 9.59 Å². The van der Waals surface area contributed by atoms with Crippen LogP contribution in [0.5, 0.6) is 5.75 Å². The fourth-order valence-electron chi connectivity index (χ4n) is 2.60. The van der Waals surface area contributed by atoms with Crippen LogP contribution in [0, 0.1) is 6.92 Å². The Morgan fingerprint density at radius 3 is 2.72 bits per heavy atom. The minimum absolute atomic E-state index is 0.0349. The van der Waals surface area contributed by atoms with Gasteiger partial charge < -0.3 is 14.6 Å². The van der Waals surface area contributed by atoms with Gasteiger partial charge in [0.2, 0.25) is 5.91 Å². The quantitative estimate of drug-likeness (QED) is 0.926. The van der Waals surface area contributed by atoms with E-state index in [-0.39, 0.29) is 30.4 Å².